The van der Waals surface area contributed by atoms with Crippen molar-refractivity contribution < 1.29 is 20.1 Å². The van der Waals surface area contributed by atoms with Gasteiger partial charge in [-0.15, -0.1) is 0 Å². The standard InChI is InChI=1S/C19H29BrO4/c1-3-4-5-6-7-9-19(2)18(23)13(8-10-21)14-11-15(20)16(22)12-17(14)24-19/h11-13,18,21-23H,3-10H2,1-2H3/t13-,18+,19+/m1/s1. The van der Waals surface area contributed by atoms with Gasteiger partial charge in [0.25, 0.3) is 0 Å². The van der Waals surface area contributed by atoms with Crippen molar-refractivity contribution in [2.75, 3.05) is 6.61 Å². The van der Waals surface area contributed by atoms with E-state index in [-0.39, 0.29) is 18.3 Å². The highest BCUT2D eigenvalue weighted by Crippen LogP contribution is 2.47. The molecule has 1 aliphatic heterocycles. The maximum atomic E-state index is 10.9. The number of unbranched alkanes of at least 4 members (excludes halogenated alkanes) is 4. The molecule has 0 unspecified atom stereocenters. The molecule has 4 nitrogen and oxygen atoms in total. The van der Waals surface area contributed by atoms with Gasteiger partial charge in [-0.2, -0.15) is 0 Å². The predicted octanol–water partition coefficient (Wildman–Crippen LogP) is 4.49. The molecule has 0 bridgehead atoms. The van der Waals surface area contributed by atoms with Crippen LogP contribution in [-0.2, 0) is 0 Å². The predicted molar refractivity (Wildman–Crippen MR) is 98.7 cm³/mol. The zero-order valence-corrected chi connectivity index (χ0v) is 16.2. The molecule has 0 saturated carbocycles. The van der Waals surface area contributed by atoms with E-state index < -0.39 is 11.7 Å². The number of benzene rings is 1. The molecule has 0 radical (unpaired) electrons. The van der Waals surface area contributed by atoms with Gasteiger partial charge in [0.05, 0.1) is 4.47 Å². The summed E-state index contributed by atoms with van der Waals surface area (Å²) in [5.74, 6) is 0.532. The van der Waals surface area contributed by atoms with Gasteiger partial charge in [0.1, 0.15) is 23.2 Å². The Balaban J connectivity index is 2.20. The van der Waals surface area contributed by atoms with E-state index in [1.54, 1.807) is 12.1 Å². The zero-order chi connectivity index (χ0) is 17.7. The van der Waals surface area contributed by atoms with Crippen LogP contribution in [0.2, 0.25) is 0 Å². The van der Waals surface area contributed by atoms with Crippen LogP contribution < -0.4 is 4.74 Å². The number of fused-ring (bicyclic) bond motifs is 1. The summed E-state index contributed by atoms with van der Waals surface area (Å²) in [5.41, 5.74) is 0.143. The van der Waals surface area contributed by atoms with Gasteiger partial charge in [-0.05, 0) is 48.2 Å². The minimum Gasteiger partial charge on any atom is -0.507 e. The second kappa shape index (κ2) is 8.54. The summed E-state index contributed by atoms with van der Waals surface area (Å²) in [6.45, 7) is 4.13. The van der Waals surface area contributed by atoms with Crippen LogP contribution >= 0.6 is 15.9 Å². The fourth-order valence-electron chi connectivity index (χ4n) is 3.57. The van der Waals surface area contributed by atoms with Crippen molar-refractivity contribution >= 4 is 15.9 Å². The lowest BCUT2D eigenvalue weighted by atomic mass is 9.76. The number of ether oxygens (including phenoxy) is 1. The highest BCUT2D eigenvalue weighted by molar-refractivity contribution is 9.10. The monoisotopic (exact) mass is 400 g/mol. The first kappa shape index (κ1) is 19.5. The lowest BCUT2D eigenvalue weighted by Crippen LogP contribution is -2.51. The van der Waals surface area contributed by atoms with Crippen LogP contribution in [0.1, 0.15) is 70.3 Å². The van der Waals surface area contributed by atoms with Gasteiger partial charge in [-0.1, -0.05) is 32.6 Å². The normalized spacial score (nSPS) is 26.0. The maximum absolute atomic E-state index is 10.9. The summed E-state index contributed by atoms with van der Waals surface area (Å²) < 4.78 is 6.71. The molecule has 0 saturated heterocycles. The summed E-state index contributed by atoms with van der Waals surface area (Å²) in [5, 5.41) is 30.3. The van der Waals surface area contributed by atoms with E-state index in [2.05, 4.69) is 22.9 Å². The van der Waals surface area contributed by atoms with Crippen molar-refractivity contribution in [2.45, 2.75) is 76.4 Å². The van der Waals surface area contributed by atoms with Gasteiger partial charge in [0.2, 0.25) is 0 Å². The van der Waals surface area contributed by atoms with Crippen LogP contribution in [0.25, 0.3) is 0 Å². The number of rotatable bonds is 8. The molecular formula is C19H29BrO4. The van der Waals surface area contributed by atoms with E-state index >= 15 is 0 Å². The molecule has 1 aliphatic rings. The largest absolute Gasteiger partial charge is 0.507 e. The van der Waals surface area contributed by atoms with Crippen molar-refractivity contribution in [3.05, 3.63) is 22.2 Å². The highest BCUT2D eigenvalue weighted by Gasteiger charge is 2.45. The Morgan fingerprint density at radius 3 is 2.58 bits per heavy atom. The molecule has 24 heavy (non-hydrogen) atoms. The molecule has 1 aromatic carbocycles. The number of halogens is 1. The second-order valence-electron chi connectivity index (χ2n) is 6.98. The number of hydrogen-bond donors (Lipinski definition) is 3. The van der Waals surface area contributed by atoms with Crippen LogP contribution in [0.5, 0.6) is 11.5 Å². The molecule has 0 aliphatic carbocycles. The zero-order valence-electron chi connectivity index (χ0n) is 14.6. The van der Waals surface area contributed by atoms with E-state index in [0.717, 1.165) is 24.8 Å². The van der Waals surface area contributed by atoms with Crippen molar-refractivity contribution in [3.8, 4) is 11.5 Å². The highest BCUT2D eigenvalue weighted by atomic mass is 79.9. The van der Waals surface area contributed by atoms with Crippen LogP contribution in [0.4, 0.5) is 0 Å². The molecule has 2 rings (SSSR count). The van der Waals surface area contributed by atoms with E-state index in [0.29, 0.717) is 16.6 Å². The summed E-state index contributed by atoms with van der Waals surface area (Å²) >= 11 is 3.32. The Labute approximate surface area is 153 Å². The molecule has 0 spiro atoms. The van der Waals surface area contributed by atoms with Crippen LogP contribution in [-0.4, -0.2) is 33.6 Å². The topological polar surface area (TPSA) is 69.9 Å². The van der Waals surface area contributed by atoms with Gasteiger partial charge in [-0.3, -0.25) is 0 Å². The van der Waals surface area contributed by atoms with E-state index in [9.17, 15) is 15.3 Å². The third-order valence-electron chi connectivity index (χ3n) is 5.05. The third-order valence-corrected chi connectivity index (χ3v) is 5.68. The lowest BCUT2D eigenvalue weighted by molar-refractivity contribution is -0.0794. The number of phenolic OH excluding ortho intramolecular Hbond substituents is 1. The molecule has 5 heteroatoms. The summed E-state index contributed by atoms with van der Waals surface area (Å²) in [4.78, 5) is 0. The van der Waals surface area contributed by atoms with Gasteiger partial charge in [0, 0.05) is 24.2 Å². The fraction of sp³-hybridized carbons (Fsp3) is 0.684. The summed E-state index contributed by atoms with van der Waals surface area (Å²) in [6, 6.07) is 3.39. The minimum atomic E-state index is -0.695. The van der Waals surface area contributed by atoms with Gasteiger partial charge in [-0.25, -0.2) is 0 Å². The average Bonchev–Trinajstić information content (AvgIpc) is 2.54. The first-order valence-corrected chi connectivity index (χ1v) is 9.72. The smallest absolute Gasteiger partial charge is 0.133 e. The number of aliphatic hydroxyl groups is 2. The van der Waals surface area contributed by atoms with E-state index in [1.165, 1.54) is 19.3 Å². The molecular weight excluding hydrogens is 372 g/mol. The van der Waals surface area contributed by atoms with Crippen molar-refractivity contribution in [1.29, 1.82) is 0 Å². The fourth-order valence-corrected chi connectivity index (χ4v) is 3.94. The Morgan fingerprint density at radius 1 is 1.21 bits per heavy atom. The molecule has 0 fully saturated rings. The van der Waals surface area contributed by atoms with Gasteiger partial charge < -0.3 is 20.1 Å². The quantitative estimate of drug-likeness (QED) is 0.562. The van der Waals surface area contributed by atoms with Crippen LogP contribution in [0, 0.1) is 0 Å². The molecule has 1 heterocycles. The Bertz CT molecular complexity index is 548. The van der Waals surface area contributed by atoms with E-state index in [4.69, 9.17) is 4.74 Å². The average molecular weight is 401 g/mol. The third kappa shape index (κ3) is 4.24. The minimum absolute atomic E-state index is 0.00619. The van der Waals surface area contributed by atoms with E-state index in [1.807, 2.05) is 6.92 Å². The second-order valence-corrected chi connectivity index (χ2v) is 7.84. The Kier molecular flexibility index (Phi) is 6.96. The summed E-state index contributed by atoms with van der Waals surface area (Å²) in [6.07, 6.45) is 6.32. The number of phenols is 1. The number of hydrogen-bond acceptors (Lipinski definition) is 4. The first-order valence-electron chi connectivity index (χ1n) is 8.93. The molecule has 0 aromatic heterocycles. The van der Waals surface area contributed by atoms with Crippen LogP contribution in [0.15, 0.2) is 16.6 Å². The SMILES string of the molecule is CCCCCCC[C@]1(C)Oc2cc(O)c(Br)cc2[C@@H](CCO)[C@@H]1O. The molecule has 136 valence electrons. The first-order chi connectivity index (χ1) is 11.4. The van der Waals surface area contributed by atoms with Gasteiger partial charge >= 0.3 is 0 Å². The van der Waals surface area contributed by atoms with Gasteiger partial charge in [0.15, 0.2) is 0 Å². The lowest BCUT2D eigenvalue weighted by Gasteiger charge is -2.44. The summed E-state index contributed by atoms with van der Waals surface area (Å²) in [7, 11) is 0. The molecule has 1 aromatic rings. The molecule has 3 N–H and O–H groups in total. The Morgan fingerprint density at radius 2 is 1.92 bits per heavy atom. The number of aliphatic hydroxyl groups excluding tert-OH is 2. The van der Waals surface area contributed by atoms with Crippen molar-refractivity contribution in [3.63, 3.8) is 0 Å². The molecule has 0 amide bonds. The molecule has 3 atom stereocenters. The van der Waals surface area contributed by atoms with Crippen LogP contribution in [0.3, 0.4) is 0 Å². The van der Waals surface area contributed by atoms with Crippen molar-refractivity contribution in [1.82, 2.24) is 0 Å². The Hall–Kier alpha value is -0.780. The maximum Gasteiger partial charge on any atom is 0.133 e. The number of aromatic hydroxyl groups is 1. The van der Waals surface area contributed by atoms with Crippen molar-refractivity contribution in [2.24, 2.45) is 0 Å².